The number of halogens is 1. The van der Waals surface area contributed by atoms with E-state index in [1.54, 1.807) is 12.3 Å². The van der Waals surface area contributed by atoms with Crippen LogP contribution in [0, 0.1) is 5.41 Å². The molecule has 1 saturated heterocycles. The Morgan fingerprint density at radius 2 is 2.32 bits per heavy atom. The lowest BCUT2D eigenvalue weighted by molar-refractivity contribution is 0.370. The van der Waals surface area contributed by atoms with Gasteiger partial charge in [-0.1, -0.05) is 31.5 Å². The molecular weight excluding hydrogens is 260 g/mol. The van der Waals surface area contributed by atoms with Crippen LogP contribution in [-0.4, -0.2) is 36.0 Å². The van der Waals surface area contributed by atoms with Gasteiger partial charge in [-0.05, 0) is 23.5 Å². The van der Waals surface area contributed by atoms with E-state index >= 15 is 0 Å². The van der Waals surface area contributed by atoms with Crippen molar-refractivity contribution in [2.75, 3.05) is 20.1 Å². The summed E-state index contributed by atoms with van der Waals surface area (Å²) in [6.45, 7) is 7.41. The van der Waals surface area contributed by atoms with Crippen molar-refractivity contribution >= 4 is 17.6 Å². The molecule has 1 fully saturated rings. The Kier molecular flexibility index (Phi) is 4.30. The van der Waals surface area contributed by atoms with Crippen LogP contribution in [0.5, 0.6) is 0 Å². The van der Waals surface area contributed by atoms with Gasteiger partial charge in [0, 0.05) is 32.9 Å². The summed E-state index contributed by atoms with van der Waals surface area (Å²) in [5.41, 5.74) is 1.48. The summed E-state index contributed by atoms with van der Waals surface area (Å²) < 4.78 is 0. The lowest BCUT2D eigenvalue weighted by Gasteiger charge is -2.23. The molecule has 0 unspecified atom stereocenters. The summed E-state index contributed by atoms with van der Waals surface area (Å²) in [5.74, 6) is 0.959. The second-order valence-electron chi connectivity index (χ2n) is 5.73. The SMILES string of the molecule is CN=C(NCc1ccc(Cl)nc1)N1CCC(C)(C)C1. The number of nitrogens with one attached hydrogen (secondary N) is 1. The predicted octanol–water partition coefficient (Wildman–Crippen LogP) is 2.54. The van der Waals surface area contributed by atoms with Crippen LogP contribution in [0.4, 0.5) is 0 Å². The van der Waals surface area contributed by atoms with E-state index in [1.807, 2.05) is 13.1 Å². The van der Waals surface area contributed by atoms with Gasteiger partial charge in [0.25, 0.3) is 0 Å². The number of likely N-dealkylation sites (tertiary alicyclic amines) is 1. The van der Waals surface area contributed by atoms with Crippen LogP contribution in [0.15, 0.2) is 23.3 Å². The third-order valence-corrected chi connectivity index (χ3v) is 3.65. The normalized spacial score (nSPS) is 18.7. The van der Waals surface area contributed by atoms with Gasteiger partial charge in [0.05, 0.1) is 0 Å². The summed E-state index contributed by atoms with van der Waals surface area (Å²) in [5, 5.41) is 3.90. The van der Waals surface area contributed by atoms with Crippen molar-refractivity contribution in [1.82, 2.24) is 15.2 Å². The van der Waals surface area contributed by atoms with Crippen molar-refractivity contribution in [3.05, 3.63) is 29.0 Å². The van der Waals surface area contributed by atoms with Crippen LogP contribution in [0.3, 0.4) is 0 Å². The molecule has 0 amide bonds. The smallest absolute Gasteiger partial charge is 0.193 e. The van der Waals surface area contributed by atoms with E-state index < -0.39 is 0 Å². The van der Waals surface area contributed by atoms with Gasteiger partial charge in [-0.15, -0.1) is 0 Å². The van der Waals surface area contributed by atoms with Gasteiger partial charge in [0.2, 0.25) is 0 Å². The standard InChI is InChI=1S/C14H21ClN4/c1-14(2)6-7-19(10-14)13(16-3)18-9-11-4-5-12(15)17-8-11/h4-5,8H,6-7,9-10H2,1-3H3,(H,16,18). The summed E-state index contributed by atoms with van der Waals surface area (Å²) in [7, 11) is 1.83. The van der Waals surface area contributed by atoms with E-state index in [0.717, 1.165) is 24.6 Å². The van der Waals surface area contributed by atoms with Crippen molar-refractivity contribution in [1.29, 1.82) is 0 Å². The fourth-order valence-corrected chi connectivity index (χ4v) is 2.43. The van der Waals surface area contributed by atoms with Gasteiger partial charge in [0.1, 0.15) is 5.15 Å². The Bertz CT molecular complexity index is 453. The van der Waals surface area contributed by atoms with Crippen molar-refractivity contribution in [2.45, 2.75) is 26.8 Å². The molecule has 2 heterocycles. The second-order valence-corrected chi connectivity index (χ2v) is 6.11. The monoisotopic (exact) mass is 280 g/mol. The van der Waals surface area contributed by atoms with Crippen molar-refractivity contribution in [3.8, 4) is 0 Å². The fourth-order valence-electron chi connectivity index (χ4n) is 2.32. The number of hydrogen-bond acceptors (Lipinski definition) is 2. The van der Waals surface area contributed by atoms with Gasteiger partial charge in [-0.3, -0.25) is 4.99 Å². The number of pyridine rings is 1. The first kappa shape index (κ1) is 14.1. The molecule has 4 nitrogen and oxygen atoms in total. The first-order valence-corrected chi connectivity index (χ1v) is 6.94. The molecule has 1 aliphatic heterocycles. The zero-order valence-corrected chi connectivity index (χ0v) is 12.5. The third-order valence-electron chi connectivity index (χ3n) is 3.43. The first-order chi connectivity index (χ1) is 9.00. The summed E-state index contributed by atoms with van der Waals surface area (Å²) >= 11 is 5.77. The Labute approximate surface area is 119 Å². The molecule has 0 atom stereocenters. The van der Waals surface area contributed by atoms with Crippen LogP contribution in [-0.2, 0) is 6.54 Å². The number of aromatic nitrogens is 1. The quantitative estimate of drug-likeness (QED) is 0.514. The highest BCUT2D eigenvalue weighted by molar-refractivity contribution is 6.29. The largest absolute Gasteiger partial charge is 0.352 e. The first-order valence-electron chi connectivity index (χ1n) is 6.56. The maximum absolute atomic E-state index is 5.77. The third kappa shape index (κ3) is 3.83. The second kappa shape index (κ2) is 5.78. The summed E-state index contributed by atoms with van der Waals surface area (Å²) in [6.07, 6.45) is 2.99. The highest BCUT2D eigenvalue weighted by Crippen LogP contribution is 2.28. The van der Waals surface area contributed by atoms with Crippen LogP contribution < -0.4 is 5.32 Å². The Balaban J connectivity index is 1.92. The molecule has 0 spiro atoms. The Morgan fingerprint density at radius 1 is 1.53 bits per heavy atom. The van der Waals surface area contributed by atoms with Crippen molar-refractivity contribution in [3.63, 3.8) is 0 Å². The highest BCUT2D eigenvalue weighted by atomic mass is 35.5. The van der Waals surface area contributed by atoms with Gasteiger partial charge in [-0.2, -0.15) is 0 Å². The average Bonchev–Trinajstić information content (AvgIpc) is 2.73. The van der Waals surface area contributed by atoms with Crippen molar-refractivity contribution in [2.24, 2.45) is 10.4 Å². The molecule has 1 aromatic rings. The van der Waals surface area contributed by atoms with Crippen molar-refractivity contribution < 1.29 is 0 Å². The lowest BCUT2D eigenvalue weighted by atomic mass is 9.93. The van der Waals surface area contributed by atoms with E-state index in [1.165, 1.54) is 6.42 Å². The molecule has 0 radical (unpaired) electrons. The molecule has 0 bridgehead atoms. The van der Waals surface area contributed by atoms with Crippen LogP contribution >= 0.6 is 11.6 Å². The Hall–Kier alpha value is -1.29. The zero-order valence-electron chi connectivity index (χ0n) is 11.8. The minimum atomic E-state index is 0.374. The van der Waals surface area contributed by atoms with Gasteiger partial charge in [0.15, 0.2) is 5.96 Å². The van der Waals surface area contributed by atoms with E-state index in [2.05, 4.69) is 34.0 Å². The molecular formula is C14H21ClN4. The van der Waals surface area contributed by atoms with Gasteiger partial charge < -0.3 is 10.2 Å². The minimum Gasteiger partial charge on any atom is -0.352 e. The van der Waals surface area contributed by atoms with Crippen LogP contribution in [0.2, 0.25) is 5.15 Å². The number of rotatable bonds is 2. The van der Waals surface area contributed by atoms with E-state index in [-0.39, 0.29) is 0 Å². The molecule has 0 aliphatic carbocycles. The molecule has 2 rings (SSSR count). The highest BCUT2D eigenvalue weighted by Gasteiger charge is 2.30. The molecule has 1 aliphatic rings. The summed E-state index contributed by atoms with van der Waals surface area (Å²) in [6, 6.07) is 3.78. The van der Waals surface area contributed by atoms with E-state index in [9.17, 15) is 0 Å². The average molecular weight is 281 g/mol. The number of hydrogen-bond donors (Lipinski definition) is 1. The molecule has 19 heavy (non-hydrogen) atoms. The van der Waals surface area contributed by atoms with Gasteiger partial charge in [-0.25, -0.2) is 4.98 Å². The maximum atomic E-state index is 5.77. The molecule has 0 saturated carbocycles. The summed E-state index contributed by atoms with van der Waals surface area (Å²) in [4.78, 5) is 10.7. The van der Waals surface area contributed by atoms with Crippen LogP contribution in [0.1, 0.15) is 25.8 Å². The van der Waals surface area contributed by atoms with Gasteiger partial charge >= 0.3 is 0 Å². The number of guanidine groups is 1. The number of aliphatic imine (C=N–C) groups is 1. The molecule has 5 heteroatoms. The Morgan fingerprint density at radius 3 is 2.84 bits per heavy atom. The fraction of sp³-hybridized carbons (Fsp3) is 0.571. The lowest BCUT2D eigenvalue weighted by Crippen LogP contribution is -2.40. The molecule has 1 aromatic heterocycles. The molecule has 1 N–H and O–H groups in total. The van der Waals surface area contributed by atoms with Crippen LogP contribution in [0.25, 0.3) is 0 Å². The predicted molar refractivity (Wildman–Crippen MR) is 79.4 cm³/mol. The minimum absolute atomic E-state index is 0.374. The zero-order chi connectivity index (χ0) is 13.9. The molecule has 0 aromatic carbocycles. The topological polar surface area (TPSA) is 40.5 Å². The van der Waals surface area contributed by atoms with E-state index in [4.69, 9.17) is 11.6 Å². The number of nitrogens with zero attached hydrogens (tertiary/aromatic N) is 3. The van der Waals surface area contributed by atoms with E-state index in [0.29, 0.717) is 17.1 Å². The molecule has 104 valence electrons. The maximum Gasteiger partial charge on any atom is 0.193 e.